The van der Waals surface area contributed by atoms with Crippen molar-refractivity contribution in [2.75, 3.05) is 0 Å². The van der Waals surface area contributed by atoms with Crippen LogP contribution in [0, 0.1) is 12.7 Å². The topological polar surface area (TPSA) is 74.8 Å². The maximum atomic E-state index is 13.6. The molecule has 7 heteroatoms. The number of carbonyl (C=O) groups excluding carboxylic acids is 1. The van der Waals surface area contributed by atoms with Gasteiger partial charge in [0.05, 0.1) is 22.3 Å². The number of nitrogens with one attached hydrogen (secondary N) is 2. The average Bonchev–Trinajstić information content (AvgIpc) is 2.96. The van der Waals surface area contributed by atoms with Crippen molar-refractivity contribution in [1.82, 2.24) is 15.3 Å². The second kappa shape index (κ2) is 6.07. The lowest BCUT2D eigenvalue weighted by Gasteiger charge is -2.22. The van der Waals surface area contributed by atoms with Crippen LogP contribution in [0.5, 0.6) is 0 Å². The molecule has 1 amide bonds. The molecule has 1 aromatic carbocycles. The second-order valence-electron chi connectivity index (χ2n) is 6.20. The summed E-state index contributed by atoms with van der Waals surface area (Å²) in [5, 5.41) is 4.35. The first-order valence-electron chi connectivity index (χ1n) is 8.11. The highest BCUT2D eigenvalue weighted by Crippen LogP contribution is 2.33. The molecule has 5 nitrogen and oxygen atoms in total. The van der Waals surface area contributed by atoms with Gasteiger partial charge in [-0.1, -0.05) is 0 Å². The van der Waals surface area contributed by atoms with Crippen molar-refractivity contribution in [1.29, 1.82) is 0 Å². The fourth-order valence-corrected chi connectivity index (χ4v) is 4.37. The minimum absolute atomic E-state index is 0.177. The Kier molecular flexibility index (Phi) is 3.88. The van der Waals surface area contributed by atoms with Gasteiger partial charge in [0, 0.05) is 21.8 Å². The van der Waals surface area contributed by atoms with Gasteiger partial charge in [-0.25, -0.2) is 9.37 Å². The summed E-state index contributed by atoms with van der Waals surface area (Å²) in [4.78, 5) is 33.0. The van der Waals surface area contributed by atoms with Crippen LogP contribution < -0.4 is 10.9 Å². The maximum Gasteiger partial charge on any atom is 0.252 e. The van der Waals surface area contributed by atoms with Crippen LogP contribution in [0.1, 0.15) is 44.8 Å². The van der Waals surface area contributed by atoms with Gasteiger partial charge >= 0.3 is 0 Å². The van der Waals surface area contributed by atoms with Crippen LogP contribution in [0.2, 0.25) is 0 Å². The number of thiazole rings is 1. The zero-order valence-corrected chi connectivity index (χ0v) is 14.4. The summed E-state index contributed by atoms with van der Waals surface area (Å²) in [6.07, 6.45) is 2.76. The molecule has 0 fully saturated rings. The van der Waals surface area contributed by atoms with Gasteiger partial charge in [0.15, 0.2) is 0 Å². The predicted molar refractivity (Wildman–Crippen MR) is 94.5 cm³/mol. The highest BCUT2D eigenvalue weighted by atomic mass is 32.1. The van der Waals surface area contributed by atoms with E-state index in [-0.39, 0.29) is 17.5 Å². The van der Waals surface area contributed by atoms with Crippen LogP contribution in [0.25, 0.3) is 10.9 Å². The molecule has 0 aliphatic heterocycles. The lowest BCUT2D eigenvalue weighted by atomic mass is 9.97. The number of benzene rings is 1. The zero-order chi connectivity index (χ0) is 17.6. The number of aromatic amines is 1. The SMILES string of the molecule is Cc1nc2c(s1)CCC[C@@H]2NC(=O)c1cc(=O)[nH]c2ccc(F)cc12. The first kappa shape index (κ1) is 16.0. The van der Waals surface area contributed by atoms with E-state index < -0.39 is 11.4 Å². The van der Waals surface area contributed by atoms with Crippen LogP contribution >= 0.6 is 11.3 Å². The van der Waals surface area contributed by atoms with E-state index in [4.69, 9.17) is 0 Å². The summed E-state index contributed by atoms with van der Waals surface area (Å²) >= 11 is 1.66. The second-order valence-corrected chi connectivity index (χ2v) is 7.48. The largest absolute Gasteiger partial charge is 0.344 e. The van der Waals surface area contributed by atoms with Crippen molar-refractivity contribution < 1.29 is 9.18 Å². The minimum atomic E-state index is -0.455. The Hall–Kier alpha value is -2.54. The molecule has 0 unspecified atom stereocenters. The molecule has 0 saturated carbocycles. The molecule has 1 aliphatic carbocycles. The number of hydrogen-bond acceptors (Lipinski definition) is 4. The molecule has 25 heavy (non-hydrogen) atoms. The zero-order valence-electron chi connectivity index (χ0n) is 13.6. The van der Waals surface area contributed by atoms with Gasteiger partial charge in [0.1, 0.15) is 5.82 Å². The number of hydrogen-bond donors (Lipinski definition) is 2. The molecule has 3 aromatic rings. The predicted octanol–water partition coefficient (Wildman–Crippen LogP) is 3.24. The third-order valence-corrected chi connectivity index (χ3v) is 5.46. The lowest BCUT2D eigenvalue weighted by molar-refractivity contribution is 0.0933. The minimum Gasteiger partial charge on any atom is -0.344 e. The van der Waals surface area contributed by atoms with E-state index in [1.165, 1.54) is 29.1 Å². The number of amides is 1. The summed E-state index contributed by atoms with van der Waals surface area (Å²) in [5.74, 6) is -0.839. The Morgan fingerprint density at radius 1 is 1.40 bits per heavy atom. The molecule has 128 valence electrons. The van der Waals surface area contributed by atoms with Crippen molar-refractivity contribution in [3.05, 3.63) is 61.6 Å². The number of pyridine rings is 1. The molecule has 2 N–H and O–H groups in total. The highest BCUT2D eigenvalue weighted by molar-refractivity contribution is 7.11. The Bertz CT molecular complexity index is 1040. The number of fused-ring (bicyclic) bond motifs is 2. The van der Waals surface area contributed by atoms with Gasteiger partial charge in [0.25, 0.3) is 5.91 Å². The van der Waals surface area contributed by atoms with E-state index in [1.807, 2.05) is 6.92 Å². The number of aryl methyl sites for hydroxylation is 2. The normalized spacial score (nSPS) is 16.6. The molecule has 1 atom stereocenters. The summed E-state index contributed by atoms with van der Waals surface area (Å²) in [6, 6.07) is 5.02. The van der Waals surface area contributed by atoms with Gasteiger partial charge in [-0.2, -0.15) is 0 Å². The van der Waals surface area contributed by atoms with Crippen molar-refractivity contribution >= 4 is 28.1 Å². The molecule has 0 radical (unpaired) electrons. The lowest BCUT2D eigenvalue weighted by Crippen LogP contribution is -2.31. The van der Waals surface area contributed by atoms with Gasteiger partial charge in [-0.15, -0.1) is 11.3 Å². The monoisotopic (exact) mass is 357 g/mol. The number of aromatic nitrogens is 2. The van der Waals surface area contributed by atoms with E-state index in [0.29, 0.717) is 10.9 Å². The number of halogens is 1. The van der Waals surface area contributed by atoms with Crippen LogP contribution in [0.3, 0.4) is 0 Å². The molecule has 4 rings (SSSR count). The molecule has 1 aliphatic rings. The number of nitrogens with zero attached hydrogens (tertiary/aromatic N) is 1. The first-order valence-corrected chi connectivity index (χ1v) is 8.92. The van der Waals surface area contributed by atoms with Crippen LogP contribution in [0.15, 0.2) is 29.1 Å². The average molecular weight is 357 g/mol. The molecule has 0 spiro atoms. The molecule has 0 saturated heterocycles. The smallest absolute Gasteiger partial charge is 0.252 e. The standard InChI is InChI=1S/C18H16FN3O2S/c1-9-20-17-14(3-2-4-15(17)25-9)22-18(24)12-8-16(23)21-13-6-5-10(19)7-11(12)13/h5-8,14H,2-4H2,1H3,(H,21,23)(H,22,24)/t14-/m0/s1. The van der Waals surface area contributed by atoms with E-state index >= 15 is 0 Å². The number of carbonyl (C=O) groups is 1. The van der Waals surface area contributed by atoms with Gasteiger partial charge in [-0.05, 0) is 44.4 Å². The molecular weight excluding hydrogens is 341 g/mol. The van der Waals surface area contributed by atoms with E-state index in [1.54, 1.807) is 11.3 Å². The van der Waals surface area contributed by atoms with Crippen LogP contribution in [-0.4, -0.2) is 15.9 Å². The molecule has 2 heterocycles. The Morgan fingerprint density at radius 3 is 3.08 bits per heavy atom. The van der Waals surface area contributed by atoms with Crippen molar-refractivity contribution in [3.8, 4) is 0 Å². The van der Waals surface area contributed by atoms with Crippen molar-refractivity contribution in [2.45, 2.75) is 32.2 Å². The maximum absolute atomic E-state index is 13.6. The number of H-pyrrole nitrogens is 1. The highest BCUT2D eigenvalue weighted by Gasteiger charge is 2.26. The van der Waals surface area contributed by atoms with E-state index in [9.17, 15) is 14.0 Å². The van der Waals surface area contributed by atoms with Gasteiger partial charge in [-0.3, -0.25) is 9.59 Å². The Balaban J connectivity index is 1.72. The fourth-order valence-electron chi connectivity index (χ4n) is 3.33. The van der Waals surface area contributed by atoms with Crippen molar-refractivity contribution in [2.24, 2.45) is 0 Å². The number of rotatable bonds is 2. The third-order valence-electron chi connectivity index (χ3n) is 4.42. The van der Waals surface area contributed by atoms with Gasteiger partial charge < -0.3 is 10.3 Å². The quantitative estimate of drug-likeness (QED) is 0.739. The summed E-state index contributed by atoms with van der Waals surface area (Å²) in [5.41, 5.74) is 1.14. The summed E-state index contributed by atoms with van der Waals surface area (Å²) in [7, 11) is 0. The third kappa shape index (κ3) is 2.95. The van der Waals surface area contributed by atoms with E-state index in [0.717, 1.165) is 30.0 Å². The van der Waals surface area contributed by atoms with Gasteiger partial charge in [0.2, 0.25) is 5.56 Å². The first-order chi connectivity index (χ1) is 12.0. The van der Waals surface area contributed by atoms with Crippen molar-refractivity contribution in [3.63, 3.8) is 0 Å². The Labute approximate surface area is 146 Å². The Morgan fingerprint density at radius 2 is 2.24 bits per heavy atom. The summed E-state index contributed by atoms with van der Waals surface area (Å²) in [6.45, 7) is 1.95. The van der Waals surface area contributed by atoms with E-state index in [2.05, 4.69) is 15.3 Å². The van der Waals surface area contributed by atoms with Crippen LogP contribution in [-0.2, 0) is 6.42 Å². The molecule has 2 aromatic heterocycles. The van der Waals surface area contributed by atoms with Crippen LogP contribution in [0.4, 0.5) is 4.39 Å². The molecule has 0 bridgehead atoms. The molecular formula is C18H16FN3O2S. The fraction of sp³-hybridized carbons (Fsp3) is 0.278. The summed E-state index contributed by atoms with van der Waals surface area (Å²) < 4.78 is 13.6.